The van der Waals surface area contributed by atoms with Gasteiger partial charge in [-0.05, 0) is 54.9 Å². The Morgan fingerprint density at radius 3 is 2.36 bits per heavy atom. The van der Waals surface area contributed by atoms with Crippen LogP contribution in [0.5, 0.6) is 0 Å². The number of esters is 1. The van der Waals surface area contributed by atoms with Crippen LogP contribution in [0.15, 0.2) is 47.3 Å². The van der Waals surface area contributed by atoms with Crippen molar-refractivity contribution in [2.24, 2.45) is 0 Å². The standard InChI is InChI=1S/C17H13ClN2O3.C2H6/c1-10-3-8-14-13(9-10)15(21)20(17(18)19-14)12-6-4-11(5-7-12)16(22)23-2;1-2/h3-9H,1-2H3;1-2H3. The van der Waals surface area contributed by atoms with Crippen LogP contribution >= 0.6 is 11.6 Å². The molecule has 5 nitrogen and oxygen atoms in total. The number of fused-ring (bicyclic) bond motifs is 1. The molecule has 6 heteroatoms. The molecule has 0 unspecified atom stereocenters. The Bertz CT molecular complexity index is 963. The van der Waals surface area contributed by atoms with E-state index < -0.39 is 5.97 Å². The van der Waals surface area contributed by atoms with E-state index >= 15 is 0 Å². The van der Waals surface area contributed by atoms with Gasteiger partial charge in [-0.25, -0.2) is 9.78 Å². The second kappa shape index (κ2) is 7.94. The second-order valence-electron chi connectivity index (χ2n) is 5.08. The van der Waals surface area contributed by atoms with Gasteiger partial charge in [-0.1, -0.05) is 25.5 Å². The fraction of sp³-hybridized carbons (Fsp3) is 0.211. The van der Waals surface area contributed by atoms with Gasteiger partial charge in [0.1, 0.15) is 0 Å². The molecule has 2 aromatic carbocycles. The first kappa shape index (κ1) is 18.7. The monoisotopic (exact) mass is 358 g/mol. The topological polar surface area (TPSA) is 61.2 Å². The molecule has 3 aromatic rings. The lowest BCUT2D eigenvalue weighted by molar-refractivity contribution is 0.0601. The molecule has 0 saturated heterocycles. The van der Waals surface area contributed by atoms with Gasteiger partial charge in [0.2, 0.25) is 5.28 Å². The van der Waals surface area contributed by atoms with Crippen molar-refractivity contribution in [1.29, 1.82) is 0 Å². The number of ether oxygens (including phenoxy) is 1. The van der Waals surface area contributed by atoms with E-state index in [2.05, 4.69) is 9.72 Å². The lowest BCUT2D eigenvalue weighted by atomic mass is 10.1. The molecular formula is C19H19ClN2O3. The zero-order valence-electron chi connectivity index (χ0n) is 14.5. The fourth-order valence-corrected chi connectivity index (χ4v) is 2.63. The summed E-state index contributed by atoms with van der Waals surface area (Å²) in [6, 6.07) is 11.8. The van der Waals surface area contributed by atoms with Crippen LogP contribution in [-0.4, -0.2) is 22.6 Å². The molecule has 0 aliphatic heterocycles. The Labute approximate surface area is 150 Å². The van der Waals surface area contributed by atoms with Gasteiger partial charge < -0.3 is 4.74 Å². The minimum Gasteiger partial charge on any atom is -0.465 e. The third kappa shape index (κ3) is 3.72. The summed E-state index contributed by atoms with van der Waals surface area (Å²) in [5, 5.41) is 0.559. The quantitative estimate of drug-likeness (QED) is 0.509. The molecule has 130 valence electrons. The first-order chi connectivity index (χ1) is 12.0. The highest BCUT2D eigenvalue weighted by atomic mass is 35.5. The van der Waals surface area contributed by atoms with Gasteiger partial charge >= 0.3 is 5.97 Å². The van der Waals surface area contributed by atoms with Gasteiger partial charge in [-0.3, -0.25) is 9.36 Å². The van der Waals surface area contributed by atoms with Crippen LogP contribution < -0.4 is 5.56 Å². The smallest absolute Gasteiger partial charge is 0.337 e. The van der Waals surface area contributed by atoms with E-state index in [1.165, 1.54) is 11.7 Å². The highest BCUT2D eigenvalue weighted by molar-refractivity contribution is 6.29. The Hall–Kier alpha value is -2.66. The van der Waals surface area contributed by atoms with E-state index in [4.69, 9.17) is 11.6 Å². The number of aromatic nitrogens is 2. The number of methoxy groups -OCH3 is 1. The average molecular weight is 359 g/mol. The van der Waals surface area contributed by atoms with Crippen molar-refractivity contribution >= 4 is 28.5 Å². The summed E-state index contributed by atoms with van der Waals surface area (Å²) in [5.41, 5.74) is 2.18. The van der Waals surface area contributed by atoms with Crippen molar-refractivity contribution in [2.75, 3.05) is 7.11 Å². The maximum absolute atomic E-state index is 12.7. The average Bonchev–Trinajstić information content (AvgIpc) is 2.64. The summed E-state index contributed by atoms with van der Waals surface area (Å²) in [6.07, 6.45) is 0. The minimum atomic E-state index is -0.442. The number of hydrogen-bond acceptors (Lipinski definition) is 4. The molecule has 1 heterocycles. The highest BCUT2D eigenvalue weighted by Gasteiger charge is 2.12. The zero-order valence-corrected chi connectivity index (χ0v) is 15.3. The number of carbonyl (C=O) groups excluding carboxylic acids is 1. The lowest BCUT2D eigenvalue weighted by Gasteiger charge is -2.10. The molecule has 0 fully saturated rings. The molecule has 0 N–H and O–H groups in total. The van der Waals surface area contributed by atoms with Gasteiger partial charge in [-0.15, -0.1) is 0 Å². The summed E-state index contributed by atoms with van der Waals surface area (Å²) >= 11 is 6.17. The predicted octanol–water partition coefficient (Wildman–Crippen LogP) is 4.16. The SMILES string of the molecule is CC.COC(=O)c1ccc(-n2c(Cl)nc3ccc(C)cc3c2=O)cc1. The van der Waals surface area contributed by atoms with Crippen LogP contribution in [0, 0.1) is 6.92 Å². The molecule has 25 heavy (non-hydrogen) atoms. The van der Waals surface area contributed by atoms with Gasteiger partial charge in [0.15, 0.2) is 0 Å². The fourth-order valence-electron chi connectivity index (χ4n) is 2.36. The molecular weight excluding hydrogens is 340 g/mol. The summed E-state index contributed by atoms with van der Waals surface area (Å²) < 4.78 is 5.96. The first-order valence-corrected chi connectivity index (χ1v) is 8.27. The van der Waals surface area contributed by atoms with Crippen LogP contribution in [-0.2, 0) is 4.74 Å². The second-order valence-corrected chi connectivity index (χ2v) is 5.42. The zero-order chi connectivity index (χ0) is 18.6. The molecule has 0 aliphatic carbocycles. The van der Waals surface area contributed by atoms with E-state index in [1.807, 2.05) is 26.8 Å². The van der Waals surface area contributed by atoms with Crippen molar-refractivity contribution < 1.29 is 9.53 Å². The third-order valence-electron chi connectivity index (χ3n) is 3.53. The van der Waals surface area contributed by atoms with Gasteiger partial charge in [0, 0.05) is 0 Å². The number of hydrogen-bond donors (Lipinski definition) is 0. The van der Waals surface area contributed by atoms with Crippen molar-refractivity contribution in [2.45, 2.75) is 20.8 Å². The van der Waals surface area contributed by atoms with Crippen molar-refractivity contribution in [1.82, 2.24) is 9.55 Å². The van der Waals surface area contributed by atoms with E-state index in [0.717, 1.165) is 5.56 Å². The third-order valence-corrected chi connectivity index (χ3v) is 3.78. The summed E-state index contributed by atoms with van der Waals surface area (Å²) in [4.78, 5) is 28.5. The molecule has 0 bridgehead atoms. The number of nitrogens with zero attached hydrogens (tertiary/aromatic N) is 2. The highest BCUT2D eigenvalue weighted by Crippen LogP contribution is 2.18. The molecule has 0 aliphatic rings. The van der Waals surface area contributed by atoms with E-state index in [-0.39, 0.29) is 10.8 Å². The number of halogens is 1. The first-order valence-electron chi connectivity index (χ1n) is 7.89. The van der Waals surface area contributed by atoms with E-state index in [9.17, 15) is 9.59 Å². The van der Waals surface area contributed by atoms with E-state index in [1.54, 1.807) is 36.4 Å². The molecule has 0 spiro atoms. The number of carbonyl (C=O) groups is 1. The largest absolute Gasteiger partial charge is 0.465 e. The molecule has 0 saturated carbocycles. The van der Waals surface area contributed by atoms with Crippen molar-refractivity contribution in [3.63, 3.8) is 0 Å². The normalized spacial score (nSPS) is 10.1. The van der Waals surface area contributed by atoms with Crippen LogP contribution in [0.3, 0.4) is 0 Å². The van der Waals surface area contributed by atoms with Gasteiger partial charge in [0.05, 0.1) is 29.3 Å². The summed E-state index contributed by atoms with van der Waals surface area (Å²) in [6.45, 7) is 5.91. The number of aryl methyl sites for hydroxylation is 1. The number of benzene rings is 2. The summed E-state index contributed by atoms with van der Waals surface area (Å²) in [7, 11) is 1.31. The molecule has 0 radical (unpaired) electrons. The number of rotatable bonds is 2. The Balaban J connectivity index is 0.00000109. The molecule has 0 atom stereocenters. The van der Waals surface area contributed by atoms with Gasteiger partial charge in [0.25, 0.3) is 5.56 Å². The maximum atomic E-state index is 12.7. The van der Waals surface area contributed by atoms with E-state index in [0.29, 0.717) is 22.2 Å². The molecule has 0 amide bonds. The van der Waals surface area contributed by atoms with Crippen molar-refractivity contribution in [3.8, 4) is 5.69 Å². The molecule has 3 rings (SSSR count). The Kier molecular flexibility index (Phi) is 5.93. The van der Waals surface area contributed by atoms with Crippen LogP contribution in [0.4, 0.5) is 0 Å². The minimum absolute atomic E-state index is 0.0668. The van der Waals surface area contributed by atoms with Crippen molar-refractivity contribution in [3.05, 3.63) is 69.2 Å². The lowest BCUT2D eigenvalue weighted by Crippen LogP contribution is -2.20. The maximum Gasteiger partial charge on any atom is 0.337 e. The van der Waals surface area contributed by atoms with Gasteiger partial charge in [-0.2, -0.15) is 0 Å². The van der Waals surface area contributed by atoms with Crippen LogP contribution in [0.2, 0.25) is 5.28 Å². The van der Waals surface area contributed by atoms with Crippen LogP contribution in [0.1, 0.15) is 29.8 Å². The predicted molar refractivity (Wildman–Crippen MR) is 99.8 cm³/mol. The van der Waals surface area contributed by atoms with Crippen LogP contribution in [0.25, 0.3) is 16.6 Å². The Morgan fingerprint density at radius 2 is 1.76 bits per heavy atom. The Morgan fingerprint density at radius 1 is 1.12 bits per heavy atom. The summed E-state index contributed by atoms with van der Waals surface area (Å²) in [5.74, 6) is -0.442. The molecule has 1 aromatic heterocycles.